The van der Waals surface area contributed by atoms with Crippen molar-refractivity contribution >= 4 is 0 Å². The minimum atomic E-state index is 0.816. The Morgan fingerprint density at radius 1 is 1.50 bits per heavy atom. The van der Waals surface area contributed by atoms with Crippen LogP contribution in [-0.4, -0.2) is 27.8 Å². The van der Waals surface area contributed by atoms with E-state index in [0.29, 0.717) is 0 Å². The molecule has 1 aliphatic heterocycles. The zero-order chi connectivity index (χ0) is 11.5. The van der Waals surface area contributed by atoms with Gasteiger partial charge in [-0.05, 0) is 31.2 Å². The van der Waals surface area contributed by atoms with Gasteiger partial charge in [-0.25, -0.2) is 0 Å². The number of hydrogen-bond acceptors (Lipinski definition) is 2. The average molecular weight is 221 g/mol. The van der Waals surface area contributed by atoms with Crippen molar-refractivity contribution in [2.75, 3.05) is 13.1 Å². The van der Waals surface area contributed by atoms with Crippen molar-refractivity contribution in [3.63, 3.8) is 0 Å². The zero-order valence-corrected chi connectivity index (χ0v) is 10.7. The van der Waals surface area contributed by atoms with Gasteiger partial charge in [0.15, 0.2) is 0 Å². The van der Waals surface area contributed by atoms with Crippen molar-refractivity contribution in [1.82, 2.24) is 14.7 Å². The van der Waals surface area contributed by atoms with Crippen molar-refractivity contribution in [3.05, 3.63) is 18.0 Å². The van der Waals surface area contributed by atoms with Crippen LogP contribution in [0, 0.1) is 11.8 Å². The van der Waals surface area contributed by atoms with Gasteiger partial charge in [0.2, 0.25) is 0 Å². The van der Waals surface area contributed by atoms with Crippen LogP contribution >= 0.6 is 0 Å². The number of likely N-dealkylation sites (tertiary alicyclic amines) is 1. The molecule has 1 aromatic rings. The highest BCUT2D eigenvalue weighted by molar-refractivity contribution is 5.03. The van der Waals surface area contributed by atoms with Crippen molar-refractivity contribution in [2.24, 2.45) is 18.9 Å². The lowest BCUT2D eigenvalue weighted by Crippen LogP contribution is -2.36. The third-order valence-electron chi connectivity index (χ3n) is 3.65. The molecule has 16 heavy (non-hydrogen) atoms. The molecule has 3 heteroatoms. The molecule has 1 aliphatic rings. The first-order valence-electron chi connectivity index (χ1n) is 6.35. The summed E-state index contributed by atoms with van der Waals surface area (Å²) in [4.78, 5) is 2.57. The number of piperidine rings is 1. The maximum absolute atomic E-state index is 4.23. The Balaban J connectivity index is 1.90. The summed E-state index contributed by atoms with van der Waals surface area (Å²) >= 11 is 0. The van der Waals surface area contributed by atoms with Crippen LogP contribution in [-0.2, 0) is 13.6 Å². The van der Waals surface area contributed by atoms with Crippen molar-refractivity contribution in [2.45, 2.75) is 33.2 Å². The minimum absolute atomic E-state index is 0.816. The van der Waals surface area contributed by atoms with Gasteiger partial charge >= 0.3 is 0 Å². The fourth-order valence-corrected chi connectivity index (χ4v) is 2.59. The lowest BCUT2D eigenvalue weighted by atomic mass is 9.88. The van der Waals surface area contributed by atoms with Crippen molar-refractivity contribution in [3.8, 4) is 0 Å². The fraction of sp³-hybridized carbons (Fsp3) is 0.769. The van der Waals surface area contributed by atoms with Gasteiger partial charge in [-0.1, -0.05) is 13.8 Å². The van der Waals surface area contributed by atoms with E-state index in [1.54, 1.807) is 0 Å². The van der Waals surface area contributed by atoms with Crippen LogP contribution in [0.4, 0.5) is 0 Å². The molecule has 0 N–H and O–H groups in total. The summed E-state index contributed by atoms with van der Waals surface area (Å²) < 4.78 is 1.89. The van der Waals surface area contributed by atoms with E-state index in [1.165, 1.54) is 31.5 Å². The van der Waals surface area contributed by atoms with E-state index in [-0.39, 0.29) is 0 Å². The van der Waals surface area contributed by atoms with Gasteiger partial charge in [0.1, 0.15) is 0 Å². The van der Waals surface area contributed by atoms with Crippen LogP contribution in [0.3, 0.4) is 0 Å². The van der Waals surface area contributed by atoms with Gasteiger partial charge in [0.05, 0.1) is 6.20 Å². The molecule has 1 unspecified atom stereocenters. The first-order chi connectivity index (χ1) is 7.65. The summed E-state index contributed by atoms with van der Waals surface area (Å²) in [5, 5.41) is 4.23. The molecular weight excluding hydrogens is 198 g/mol. The Kier molecular flexibility index (Phi) is 3.64. The summed E-state index contributed by atoms with van der Waals surface area (Å²) in [5.74, 6) is 1.70. The van der Waals surface area contributed by atoms with E-state index in [0.717, 1.165) is 18.4 Å². The van der Waals surface area contributed by atoms with Gasteiger partial charge in [-0.15, -0.1) is 0 Å². The van der Waals surface area contributed by atoms with E-state index in [2.05, 4.69) is 30.0 Å². The Hall–Kier alpha value is -0.830. The van der Waals surface area contributed by atoms with Crippen LogP contribution < -0.4 is 0 Å². The van der Waals surface area contributed by atoms with Crippen molar-refractivity contribution < 1.29 is 0 Å². The molecule has 3 nitrogen and oxygen atoms in total. The monoisotopic (exact) mass is 221 g/mol. The van der Waals surface area contributed by atoms with Gasteiger partial charge < -0.3 is 0 Å². The van der Waals surface area contributed by atoms with Crippen LogP contribution in [0.1, 0.15) is 32.3 Å². The number of nitrogens with zero attached hydrogens (tertiary/aromatic N) is 3. The van der Waals surface area contributed by atoms with E-state index in [4.69, 9.17) is 0 Å². The normalized spacial score (nSPS) is 22.9. The standard InChI is InChI=1S/C13H23N3/c1-11(2)13-5-4-6-16(10-13)9-12-7-14-15(3)8-12/h7-8,11,13H,4-6,9-10H2,1-3H3. The van der Waals surface area contributed by atoms with Gasteiger partial charge in [0, 0.05) is 31.9 Å². The van der Waals surface area contributed by atoms with Crippen LogP contribution in [0.5, 0.6) is 0 Å². The SMILES string of the molecule is CC(C)C1CCCN(Cc2cnn(C)c2)C1. The van der Waals surface area contributed by atoms with Gasteiger partial charge in [-0.2, -0.15) is 5.10 Å². The summed E-state index contributed by atoms with van der Waals surface area (Å²) in [7, 11) is 1.98. The first kappa shape index (κ1) is 11.6. The molecule has 2 rings (SSSR count). The maximum atomic E-state index is 4.23. The van der Waals surface area contributed by atoms with E-state index < -0.39 is 0 Å². The Bertz CT molecular complexity index is 330. The molecular formula is C13H23N3. The van der Waals surface area contributed by atoms with Gasteiger partial charge in [-0.3, -0.25) is 9.58 Å². The highest BCUT2D eigenvalue weighted by Crippen LogP contribution is 2.24. The third-order valence-corrected chi connectivity index (χ3v) is 3.65. The molecule has 0 bridgehead atoms. The summed E-state index contributed by atoms with van der Waals surface area (Å²) in [5.41, 5.74) is 1.34. The molecule has 0 aliphatic carbocycles. The third kappa shape index (κ3) is 2.85. The lowest BCUT2D eigenvalue weighted by molar-refractivity contribution is 0.139. The second-order valence-corrected chi connectivity index (χ2v) is 5.40. The molecule has 0 radical (unpaired) electrons. The minimum Gasteiger partial charge on any atom is -0.299 e. The topological polar surface area (TPSA) is 21.1 Å². The summed E-state index contributed by atoms with van der Waals surface area (Å²) in [6.45, 7) is 8.26. The fourth-order valence-electron chi connectivity index (χ4n) is 2.59. The second-order valence-electron chi connectivity index (χ2n) is 5.40. The number of rotatable bonds is 3. The van der Waals surface area contributed by atoms with Crippen LogP contribution in [0.15, 0.2) is 12.4 Å². The molecule has 0 aromatic carbocycles. The summed E-state index contributed by atoms with van der Waals surface area (Å²) in [6.07, 6.45) is 6.86. The smallest absolute Gasteiger partial charge is 0.0534 e. The maximum Gasteiger partial charge on any atom is 0.0534 e. The largest absolute Gasteiger partial charge is 0.299 e. The predicted octanol–water partition coefficient (Wildman–Crippen LogP) is 2.29. The second kappa shape index (κ2) is 5.00. The van der Waals surface area contributed by atoms with E-state index in [1.807, 2.05) is 17.9 Å². The highest BCUT2D eigenvalue weighted by atomic mass is 15.2. The molecule has 1 saturated heterocycles. The molecule has 0 amide bonds. The number of hydrogen-bond donors (Lipinski definition) is 0. The van der Waals surface area contributed by atoms with Gasteiger partial charge in [0.25, 0.3) is 0 Å². The molecule has 0 saturated carbocycles. The highest BCUT2D eigenvalue weighted by Gasteiger charge is 2.22. The summed E-state index contributed by atoms with van der Waals surface area (Å²) in [6, 6.07) is 0. The molecule has 0 spiro atoms. The lowest BCUT2D eigenvalue weighted by Gasteiger charge is -2.34. The van der Waals surface area contributed by atoms with Crippen molar-refractivity contribution in [1.29, 1.82) is 0 Å². The quantitative estimate of drug-likeness (QED) is 0.781. The average Bonchev–Trinajstić information content (AvgIpc) is 2.64. The van der Waals surface area contributed by atoms with Crippen LogP contribution in [0.2, 0.25) is 0 Å². The molecule has 90 valence electrons. The first-order valence-corrected chi connectivity index (χ1v) is 6.35. The Morgan fingerprint density at radius 2 is 2.31 bits per heavy atom. The Labute approximate surface area is 98.4 Å². The zero-order valence-electron chi connectivity index (χ0n) is 10.7. The van der Waals surface area contributed by atoms with Crippen LogP contribution in [0.25, 0.3) is 0 Å². The van der Waals surface area contributed by atoms with E-state index >= 15 is 0 Å². The Morgan fingerprint density at radius 3 is 2.94 bits per heavy atom. The molecule has 1 atom stereocenters. The predicted molar refractivity (Wildman–Crippen MR) is 66.0 cm³/mol. The number of aryl methyl sites for hydroxylation is 1. The molecule has 1 aromatic heterocycles. The van der Waals surface area contributed by atoms with E-state index in [9.17, 15) is 0 Å². The number of aromatic nitrogens is 2. The molecule has 2 heterocycles. The molecule has 1 fully saturated rings.